The van der Waals surface area contributed by atoms with Crippen molar-refractivity contribution in [3.63, 3.8) is 0 Å². The van der Waals surface area contributed by atoms with Crippen LogP contribution < -0.4 is 0 Å². The van der Waals surface area contributed by atoms with E-state index in [9.17, 15) is 0 Å². The summed E-state index contributed by atoms with van der Waals surface area (Å²) >= 11 is 0. The Morgan fingerprint density at radius 3 is 0.714 bits per heavy atom. The van der Waals surface area contributed by atoms with Crippen molar-refractivity contribution in [3.8, 4) is 0 Å². The van der Waals surface area contributed by atoms with E-state index in [4.69, 9.17) is 0 Å². The van der Waals surface area contributed by atoms with Crippen LogP contribution in [0.1, 0.15) is 44.0 Å². The molecule has 1 heteroatoms. The van der Waals surface area contributed by atoms with Crippen molar-refractivity contribution in [2.24, 2.45) is 0 Å². The maximum atomic E-state index is 2.00. The van der Waals surface area contributed by atoms with Gasteiger partial charge in [-0.3, -0.25) is 4.70 Å². The number of hydrogen-bond acceptors (Lipinski definition) is 0. The Morgan fingerprint density at radius 2 is 0.714 bits per heavy atom. The lowest BCUT2D eigenvalue weighted by molar-refractivity contribution is 1.11. The van der Waals surface area contributed by atoms with Crippen LogP contribution in [-0.2, 0) is 0 Å². The fourth-order valence-electron chi connectivity index (χ4n) is 0. The van der Waals surface area contributed by atoms with E-state index in [2.05, 4.69) is 0 Å². The lowest BCUT2D eigenvalue weighted by Gasteiger charge is -1.07. The highest BCUT2D eigenvalue weighted by molar-refractivity contribution is 3.51. The Bertz CT molecular complexity index is 8.49. The van der Waals surface area contributed by atoms with E-state index in [-0.39, 0.29) is 21.0 Å². The topological polar surface area (TPSA) is 0 Å². The highest BCUT2D eigenvalue weighted by atomic mass is 19.0. The predicted octanol–water partition coefficient (Wildman–Crippen LogP) is 3.72. The molecule has 0 unspecified atom stereocenters. The van der Waals surface area contributed by atoms with Crippen LogP contribution in [0.2, 0.25) is 0 Å². The second-order valence-corrected chi connectivity index (χ2v) is 0. The molecular formula is C6H23F. The molecule has 0 aliphatic heterocycles. The van der Waals surface area contributed by atoms with Crippen LogP contribution in [0.25, 0.3) is 0 Å². The minimum atomic E-state index is 0. The molecular weight excluding hydrogens is 91.1 g/mol. The van der Waals surface area contributed by atoms with Gasteiger partial charge in [0.05, 0.1) is 0 Å². The number of hydrogen-bond donors (Lipinski definition) is 0. The summed E-state index contributed by atoms with van der Waals surface area (Å²) in [6, 6.07) is 0. The zero-order chi connectivity index (χ0) is 4.00. The molecule has 0 aromatic carbocycles. The number of halogens is 1. The Balaban J connectivity index is -0.00000000167. The van der Waals surface area contributed by atoms with Gasteiger partial charge in [-0.2, -0.15) is 0 Å². The zero-order valence-electron chi connectivity index (χ0n) is 4.41. The molecule has 0 amide bonds. The summed E-state index contributed by atoms with van der Waals surface area (Å²) in [7, 11) is 0. The molecule has 0 aliphatic carbocycles. The molecule has 0 spiro atoms. The van der Waals surface area contributed by atoms with Crippen molar-refractivity contribution >= 4 is 0 Å². The highest BCUT2D eigenvalue weighted by Crippen LogP contribution is 1.15. The first-order chi connectivity index (χ1) is 2.00. The quantitative estimate of drug-likeness (QED) is 0.451. The molecule has 0 aromatic rings. The minimum Gasteiger partial charge on any atom is -0.269 e. The smallest absolute Gasteiger partial charge is 0 e. The summed E-state index contributed by atoms with van der Waals surface area (Å²) in [4.78, 5) is 0. The van der Waals surface area contributed by atoms with Crippen molar-refractivity contribution in [1.29, 1.82) is 0 Å². The van der Waals surface area contributed by atoms with Gasteiger partial charge in [-0.05, 0) is 0 Å². The van der Waals surface area contributed by atoms with E-state index >= 15 is 0 Å². The van der Waals surface area contributed by atoms with Gasteiger partial charge in [-0.15, -0.1) is 0 Å². The summed E-state index contributed by atoms with van der Waals surface area (Å²) in [5.41, 5.74) is 0. The van der Waals surface area contributed by atoms with Gasteiger partial charge in [0, 0.05) is 1.43 Å². The van der Waals surface area contributed by atoms with Crippen molar-refractivity contribution in [1.82, 2.24) is 0 Å². The summed E-state index contributed by atoms with van der Waals surface area (Å²) in [5, 5.41) is 0. The van der Waals surface area contributed by atoms with Crippen LogP contribution in [0.3, 0.4) is 0 Å². The fraction of sp³-hybridized carbons (Fsp3) is 1.00. The Morgan fingerprint density at radius 1 is 0.714 bits per heavy atom. The fourth-order valence-corrected chi connectivity index (χ4v) is 0. The first kappa shape index (κ1) is 65.4. The SMILES string of the molecule is C.C.CC.CC.F.[2HH]. The predicted molar refractivity (Wildman–Crippen MR) is 40.8 cm³/mol. The average Bonchev–Trinajstić information content (AvgIpc) is 1.50. The highest BCUT2D eigenvalue weighted by Gasteiger charge is 0.934. The molecule has 0 bridgehead atoms. The van der Waals surface area contributed by atoms with E-state index in [1.807, 2.05) is 27.7 Å². The molecule has 0 fully saturated rings. The van der Waals surface area contributed by atoms with Gasteiger partial charge < -0.3 is 0 Å². The van der Waals surface area contributed by atoms with E-state index in [0.717, 1.165) is 0 Å². The molecule has 0 heterocycles. The third-order valence-electron chi connectivity index (χ3n) is 0. The molecule has 0 aromatic heterocycles. The first-order valence-electron chi connectivity index (χ1n) is 2.00. The molecule has 0 rings (SSSR count). The lowest BCUT2D eigenvalue weighted by atomic mass is 11.0. The van der Waals surface area contributed by atoms with Crippen LogP contribution in [0, 0.1) is 0 Å². The zero-order valence-corrected chi connectivity index (χ0v) is 4.41. The monoisotopic (exact) mass is 115 g/mol. The third kappa shape index (κ3) is 18700. The van der Waals surface area contributed by atoms with Crippen LogP contribution >= 0.6 is 0 Å². The van der Waals surface area contributed by atoms with Gasteiger partial charge in [-0.1, -0.05) is 42.5 Å². The molecule has 54 valence electrons. The maximum absolute atomic E-state index is 2.00. The molecule has 0 N–H and O–H groups in total. The largest absolute Gasteiger partial charge is 0.269 e. The van der Waals surface area contributed by atoms with E-state index < -0.39 is 0 Å². The molecule has 0 saturated carbocycles. The number of rotatable bonds is 0. The minimum absolute atomic E-state index is 0. The van der Waals surface area contributed by atoms with Crippen LogP contribution in [0.5, 0.6) is 0 Å². The average molecular weight is 115 g/mol. The molecule has 0 nitrogen and oxygen atoms in total. The molecule has 0 atom stereocenters. The lowest BCUT2D eigenvalue weighted by Crippen LogP contribution is -0.856. The van der Waals surface area contributed by atoms with Crippen LogP contribution in [0.4, 0.5) is 4.70 Å². The van der Waals surface area contributed by atoms with Gasteiger partial charge in [-0.25, -0.2) is 0 Å². The van der Waals surface area contributed by atoms with Crippen molar-refractivity contribution in [2.45, 2.75) is 42.5 Å². The third-order valence-corrected chi connectivity index (χ3v) is 0. The van der Waals surface area contributed by atoms with E-state index in [1.54, 1.807) is 0 Å². The Kier molecular flexibility index (Phi) is 275000. The van der Waals surface area contributed by atoms with Crippen molar-refractivity contribution in [2.75, 3.05) is 0 Å². The maximum Gasteiger partial charge on any atom is 0 e. The summed E-state index contributed by atoms with van der Waals surface area (Å²) in [5.74, 6) is 0. The van der Waals surface area contributed by atoms with E-state index in [0.29, 0.717) is 0 Å². The van der Waals surface area contributed by atoms with E-state index in [1.165, 1.54) is 0 Å². The van der Waals surface area contributed by atoms with Crippen LogP contribution in [-0.4, -0.2) is 0 Å². The molecule has 0 aliphatic rings. The standard InChI is InChI=1S/2C2H6.2CH4.FH.H2/c2*1-2;;;;/h2*1-2H3;2*1H4;2*1H/i;;;;;1+1. The molecule has 0 radical (unpaired) electrons. The van der Waals surface area contributed by atoms with Gasteiger partial charge in [0.25, 0.3) is 0 Å². The first-order valence-corrected chi connectivity index (χ1v) is 2.00. The second kappa shape index (κ2) is 29400. The summed E-state index contributed by atoms with van der Waals surface area (Å²) < 4.78 is 0. The van der Waals surface area contributed by atoms with Crippen molar-refractivity contribution in [3.05, 3.63) is 0 Å². The normalized spacial score (nSPS) is 1.71. The Hall–Kier alpha value is -0.0700. The van der Waals surface area contributed by atoms with Crippen molar-refractivity contribution < 1.29 is 6.13 Å². The Labute approximate surface area is 49.8 Å². The second-order valence-electron chi connectivity index (χ2n) is 0. The van der Waals surface area contributed by atoms with Gasteiger partial charge in [0.15, 0.2) is 0 Å². The van der Waals surface area contributed by atoms with Crippen LogP contribution in [0.15, 0.2) is 0 Å². The molecule has 0 saturated heterocycles. The summed E-state index contributed by atoms with van der Waals surface area (Å²) in [6.07, 6.45) is 0. The van der Waals surface area contributed by atoms with Gasteiger partial charge in [0.1, 0.15) is 0 Å². The van der Waals surface area contributed by atoms with Gasteiger partial charge in [0.2, 0.25) is 0 Å². The summed E-state index contributed by atoms with van der Waals surface area (Å²) in [6.45, 7) is 8.00. The van der Waals surface area contributed by atoms with Gasteiger partial charge >= 0.3 is 0 Å². The molecule has 7 heavy (non-hydrogen) atoms.